The van der Waals surface area contributed by atoms with Gasteiger partial charge in [0.05, 0.1) is 12.3 Å². The Hall–Kier alpha value is -2.99. The van der Waals surface area contributed by atoms with E-state index in [9.17, 15) is 14.7 Å². The smallest absolute Gasteiger partial charge is 0.333 e. The molecule has 0 saturated carbocycles. The van der Waals surface area contributed by atoms with Crippen molar-refractivity contribution in [3.05, 3.63) is 58.7 Å². The Morgan fingerprint density at radius 3 is 2.72 bits per heavy atom. The van der Waals surface area contributed by atoms with Crippen LogP contribution in [0, 0.1) is 0 Å². The molecule has 3 amide bonds. The van der Waals surface area contributed by atoms with Gasteiger partial charge in [0.2, 0.25) is 0 Å². The zero-order valence-corrected chi connectivity index (χ0v) is 14.1. The fourth-order valence-corrected chi connectivity index (χ4v) is 2.65. The van der Waals surface area contributed by atoms with Crippen LogP contribution in [0.25, 0.3) is 6.08 Å². The molecule has 3 rings (SSSR count). The predicted molar refractivity (Wildman–Crippen MR) is 94.7 cm³/mol. The maximum atomic E-state index is 12.6. The first-order chi connectivity index (χ1) is 12.0. The van der Waals surface area contributed by atoms with Crippen molar-refractivity contribution in [2.75, 3.05) is 11.5 Å². The van der Waals surface area contributed by atoms with Crippen LogP contribution in [0.2, 0.25) is 5.02 Å². The third-order valence-corrected chi connectivity index (χ3v) is 3.81. The molecular weight excluding hydrogens is 344 g/mol. The van der Waals surface area contributed by atoms with E-state index in [1.807, 2.05) is 0 Å². The zero-order chi connectivity index (χ0) is 18.0. The second kappa shape index (κ2) is 6.86. The highest BCUT2D eigenvalue weighted by Crippen LogP contribution is 2.32. The van der Waals surface area contributed by atoms with Gasteiger partial charge in [-0.25, -0.2) is 9.69 Å². The van der Waals surface area contributed by atoms with Crippen LogP contribution >= 0.6 is 11.6 Å². The molecule has 1 heterocycles. The Labute approximate surface area is 149 Å². The van der Waals surface area contributed by atoms with Crippen LogP contribution in [0.3, 0.4) is 0 Å². The number of carbonyl (C=O) groups excluding carboxylic acids is 2. The van der Waals surface area contributed by atoms with E-state index >= 15 is 0 Å². The summed E-state index contributed by atoms with van der Waals surface area (Å²) in [6.07, 6.45) is 1.41. The van der Waals surface area contributed by atoms with Crippen molar-refractivity contribution in [2.24, 2.45) is 0 Å². The van der Waals surface area contributed by atoms with Gasteiger partial charge in [0.1, 0.15) is 5.70 Å². The summed E-state index contributed by atoms with van der Waals surface area (Å²) >= 11 is 5.92. The first-order valence-electron chi connectivity index (χ1n) is 7.58. The standard InChI is InChI=1S/C18H15ClN2O4/c1-2-25-15-8-3-5-11(16(15)22)9-14-17(23)21(18(24)20-14)13-7-4-6-12(19)10-13/h3-10,22H,2H2,1H3,(H,20,24)/b14-9-. The average molecular weight is 359 g/mol. The number of rotatable bonds is 4. The number of amides is 3. The number of phenolic OH excluding ortho intramolecular Hbond substituents is 1. The van der Waals surface area contributed by atoms with E-state index in [0.29, 0.717) is 28.6 Å². The molecule has 1 saturated heterocycles. The van der Waals surface area contributed by atoms with Gasteiger partial charge in [-0.3, -0.25) is 4.79 Å². The van der Waals surface area contributed by atoms with Crippen molar-refractivity contribution in [1.29, 1.82) is 0 Å². The molecule has 25 heavy (non-hydrogen) atoms. The number of aromatic hydroxyl groups is 1. The molecule has 2 aromatic carbocycles. The zero-order valence-electron chi connectivity index (χ0n) is 13.3. The molecule has 128 valence electrons. The first-order valence-corrected chi connectivity index (χ1v) is 7.96. The molecule has 1 fully saturated rings. The second-order valence-electron chi connectivity index (χ2n) is 5.24. The van der Waals surface area contributed by atoms with Gasteiger partial charge in [-0.15, -0.1) is 0 Å². The summed E-state index contributed by atoms with van der Waals surface area (Å²) in [6, 6.07) is 10.8. The summed E-state index contributed by atoms with van der Waals surface area (Å²) in [5.41, 5.74) is 0.780. The van der Waals surface area contributed by atoms with Crippen molar-refractivity contribution in [3.63, 3.8) is 0 Å². The molecule has 1 aliphatic heterocycles. The average Bonchev–Trinajstić information content (AvgIpc) is 2.85. The van der Waals surface area contributed by atoms with E-state index in [1.165, 1.54) is 12.1 Å². The van der Waals surface area contributed by atoms with Gasteiger partial charge in [0.25, 0.3) is 5.91 Å². The SMILES string of the molecule is CCOc1cccc(/C=C2\NC(=O)N(c3cccc(Cl)c3)C2=O)c1O. The van der Waals surface area contributed by atoms with Gasteiger partial charge in [-0.1, -0.05) is 29.8 Å². The Kier molecular flexibility index (Phi) is 4.63. The fraction of sp³-hybridized carbons (Fsp3) is 0.111. The second-order valence-corrected chi connectivity index (χ2v) is 5.67. The Balaban J connectivity index is 1.95. The molecule has 0 radical (unpaired) electrons. The third kappa shape index (κ3) is 3.29. The number of nitrogens with one attached hydrogen (secondary N) is 1. The van der Waals surface area contributed by atoms with Crippen LogP contribution in [0.1, 0.15) is 12.5 Å². The van der Waals surface area contributed by atoms with E-state index in [1.54, 1.807) is 43.3 Å². The lowest BCUT2D eigenvalue weighted by Crippen LogP contribution is -2.30. The summed E-state index contributed by atoms with van der Waals surface area (Å²) < 4.78 is 5.32. The van der Waals surface area contributed by atoms with E-state index in [4.69, 9.17) is 16.3 Å². The highest BCUT2D eigenvalue weighted by Gasteiger charge is 2.35. The summed E-state index contributed by atoms with van der Waals surface area (Å²) in [7, 11) is 0. The van der Waals surface area contributed by atoms with Gasteiger partial charge in [-0.2, -0.15) is 0 Å². The summed E-state index contributed by atoms with van der Waals surface area (Å²) in [5, 5.41) is 13.1. The molecule has 0 unspecified atom stereocenters. The van der Waals surface area contributed by atoms with Crippen LogP contribution in [-0.2, 0) is 4.79 Å². The first kappa shape index (κ1) is 16.9. The van der Waals surface area contributed by atoms with Crippen molar-refractivity contribution in [3.8, 4) is 11.5 Å². The Morgan fingerprint density at radius 1 is 1.24 bits per heavy atom. The lowest BCUT2D eigenvalue weighted by atomic mass is 10.1. The largest absolute Gasteiger partial charge is 0.504 e. The summed E-state index contributed by atoms with van der Waals surface area (Å²) in [5.74, 6) is -0.325. The van der Waals surface area contributed by atoms with Crippen LogP contribution in [-0.4, -0.2) is 23.7 Å². The quantitative estimate of drug-likeness (QED) is 0.647. The maximum Gasteiger partial charge on any atom is 0.333 e. The van der Waals surface area contributed by atoms with Crippen molar-refractivity contribution >= 4 is 35.3 Å². The van der Waals surface area contributed by atoms with Crippen molar-refractivity contribution in [1.82, 2.24) is 5.32 Å². The van der Waals surface area contributed by atoms with E-state index in [-0.39, 0.29) is 11.4 Å². The number of halogens is 1. The van der Waals surface area contributed by atoms with E-state index in [2.05, 4.69) is 5.32 Å². The van der Waals surface area contributed by atoms with Gasteiger partial charge < -0.3 is 15.2 Å². The molecule has 6 nitrogen and oxygen atoms in total. The number of phenols is 1. The number of benzene rings is 2. The summed E-state index contributed by atoms with van der Waals surface area (Å²) in [4.78, 5) is 25.7. The number of nitrogens with zero attached hydrogens (tertiary/aromatic N) is 1. The number of hydrogen-bond donors (Lipinski definition) is 2. The molecule has 7 heteroatoms. The molecule has 0 spiro atoms. The van der Waals surface area contributed by atoms with Gasteiger partial charge in [-0.05, 0) is 37.3 Å². The molecule has 0 aliphatic carbocycles. The van der Waals surface area contributed by atoms with E-state index in [0.717, 1.165) is 4.90 Å². The topological polar surface area (TPSA) is 78.9 Å². The highest BCUT2D eigenvalue weighted by molar-refractivity contribution is 6.32. The van der Waals surface area contributed by atoms with E-state index < -0.39 is 11.9 Å². The number of hydrogen-bond acceptors (Lipinski definition) is 4. The number of ether oxygens (including phenoxy) is 1. The van der Waals surface area contributed by atoms with Crippen LogP contribution in [0.5, 0.6) is 11.5 Å². The Morgan fingerprint density at radius 2 is 2.00 bits per heavy atom. The minimum Gasteiger partial charge on any atom is -0.504 e. The van der Waals surface area contributed by atoms with Crippen LogP contribution in [0.4, 0.5) is 10.5 Å². The number of anilines is 1. The minimum atomic E-state index is -0.584. The molecule has 0 atom stereocenters. The summed E-state index contributed by atoms with van der Waals surface area (Å²) in [6.45, 7) is 2.19. The molecule has 2 N–H and O–H groups in total. The van der Waals surface area contributed by atoms with Crippen LogP contribution in [0.15, 0.2) is 48.2 Å². The monoisotopic (exact) mass is 358 g/mol. The Bertz CT molecular complexity index is 879. The lowest BCUT2D eigenvalue weighted by Gasteiger charge is -2.11. The lowest BCUT2D eigenvalue weighted by molar-refractivity contribution is -0.113. The minimum absolute atomic E-state index is 0.0499. The fourth-order valence-electron chi connectivity index (χ4n) is 2.47. The number of urea groups is 1. The number of carbonyl (C=O) groups is 2. The molecule has 2 aromatic rings. The molecular formula is C18H15ClN2O4. The molecule has 0 aromatic heterocycles. The normalized spacial score (nSPS) is 15.6. The van der Waals surface area contributed by atoms with Crippen LogP contribution < -0.4 is 15.0 Å². The van der Waals surface area contributed by atoms with Crippen molar-refractivity contribution < 1.29 is 19.4 Å². The molecule has 0 bridgehead atoms. The van der Waals surface area contributed by atoms with Gasteiger partial charge >= 0.3 is 6.03 Å². The number of para-hydroxylation sites is 1. The number of imide groups is 1. The third-order valence-electron chi connectivity index (χ3n) is 3.57. The van der Waals surface area contributed by atoms with Gasteiger partial charge in [0, 0.05) is 10.6 Å². The maximum absolute atomic E-state index is 12.6. The van der Waals surface area contributed by atoms with Gasteiger partial charge in [0.15, 0.2) is 11.5 Å². The molecule has 1 aliphatic rings. The predicted octanol–water partition coefficient (Wildman–Crippen LogP) is 3.54. The van der Waals surface area contributed by atoms with Crippen molar-refractivity contribution in [2.45, 2.75) is 6.92 Å². The highest BCUT2D eigenvalue weighted by atomic mass is 35.5.